The Kier molecular flexibility index (Phi) is 9.31. The van der Waals surface area contributed by atoms with Crippen LogP contribution < -0.4 is 5.32 Å². The minimum absolute atomic E-state index is 0.0642. The molecule has 1 unspecified atom stereocenters. The molecule has 4 rings (SSSR count). The fourth-order valence-corrected chi connectivity index (χ4v) is 5.75. The Morgan fingerprint density at radius 2 is 1.87 bits per heavy atom. The van der Waals surface area contributed by atoms with Gasteiger partial charge in [-0.15, -0.1) is 11.8 Å². The second kappa shape index (κ2) is 12.9. The lowest BCUT2D eigenvalue weighted by atomic mass is 10.0. The fourth-order valence-electron chi connectivity index (χ4n) is 4.41. The molecule has 11 nitrogen and oxygen atoms in total. The highest BCUT2D eigenvalue weighted by atomic mass is 32.2. The molecule has 2 aromatic rings. The highest BCUT2D eigenvalue weighted by Crippen LogP contribution is 2.33. The van der Waals surface area contributed by atoms with Crippen molar-refractivity contribution < 1.29 is 33.6 Å². The molecule has 0 aliphatic carbocycles. The van der Waals surface area contributed by atoms with E-state index in [4.69, 9.17) is 9.47 Å². The molecule has 2 heterocycles. The van der Waals surface area contributed by atoms with Gasteiger partial charge in [0.05, 0.1) is 17.1 Å². The van der Waals surface area contributed by atoms with Gasteiger partial charge in [0.2, 0.25) is 11.8 Å². The minimum atomic E-state index is -0.979. The Balaban J connectivity index is 1.39. The third kappa shape index (κ3) is 7.01. The second-order valence-corrected chi connectivity index (χ2v) is 10.4. The van der Waals surface area contributed by atoms with Crippen LogP contribution >= 0.6 is 11.8 Å². The number of esters is 1. The van der Waals surface area contributed by atoms with Crippen LogP contribution in [0.15, 0.2) is 54.6 Å². The molecule has 0 bridgehead atoms. The summed E-state index contributed by atoms with van der Waals surface area (Å²) in [6, 6.07) is 12.8. The van der Waals surface area contributed by atoms with Crippen LogP contribution in [-0.2, 0) is 41.7 Å². The van der Waals surface area contributed by atoms with Crippen LogP contribution in [0.2, 0.25) is 0 Å². The van der Waals surface area contributed by atoms with E-state index in [-0.39, 0.29) is 36.2 Å². The predicted octanol–water partition coefficient (Wildman–Crippen LogP) is 2.40. The largest absolute Gasteiger partial charge is 0.459 e. The van der Waals surface area contributed by atoms with Crippen molar-refractivity contribution in [1.82, 2.24) is 10.2 Å². The van der Waals surface area contributed by atoms with E-state index in [9.17, 15) is 29.3 Å². The highest BCUT2D eigenvalue weighted by molar-refractivity contribution is 8.00. The summed E-state index contributed by atoms with van der Waals surface area (Å²) in [4.78, 5) is 62.8. The Labute approximate surface area is 229 Å². The molecule has 12 heteroatoms. The molecule has 39 heavy (non-hydrogen) atoms. The van der Waals surface area contributed by atoms with Crippen LogP contribution in [0.1, 0.15) is 30.9 Å². The first kappa shape index (κ1) is 28.2. The van der Waals surface area contributed by atoms with E-state index in [1.165, 1.54) is 47.9 Å². The second-order valence-electron chi connectivity index (χ2n) is 9.33. The first-order chi connectivity index (χ1) is 18.7. The number of rotatable bonds is 12. The Hall–Kier alpha value is -3.77. The molecule has 0 radical (unpaired) electrons. The number of β-lactam (4-membered cyclic amide) rings is 1. The van der Waals surface area contributed by atoms with Crippen LogP contribution in [0.4, 0.5) is 5.69 Å². The lowest BCUT2D eigenvalue weighted by Crippen LogP contribution is -2.72. The number of nitro groups is 1. The van der Waals surface area contributed by atoms with E-state index >= 15 is 0 Å². The number of nitro benzene ring substituents is 1. The Morgan fingerprint density at radius 3 is 2.51 bits per heavy atom. The summed E-state index contributed by atoms with van der Waals surface area (Å²) in [7, 11) is 0. The van der Waals surface area contributed by atoms with E-state index < -0.39 is 40.4 Å². The zero-order valence-corrected chi connectivity index (χ0v) is 22.1. The van der Waals surface area contributed by atoms with E-state index in [0.717, 1.165) is 12.0 Å². The topological polar surface area (TPSA) is 145 Å². The van der Waals surface area contributed by atoms with Crippen LogP contribution in [0.5, 0.6) is 0 Å². The van der Waals surface area contributed by atoms with Gasteiger partial charge >= 0.3 is 5.97 Å². The molecule has 2 saturated heterocycles. The lowest BCUT2D eigenvalue weighted by Gasteiger charge is -2.48. The quantitative estimate of drug-likeness (QED) is 0.181. The van der Waals surface area contributed by atoms with Gasteiger partial charge in [-0.2, -0.15) is 0 Å². The number of carbonyl (C=O) groups excluding carboxylic acids is 4. The Morgan fingerprint density at radius 1 is 1.15 bits per heavy atom. The van der Waals surface area contributed by atoms with Gasteiger partial charge < -0.3 is 19.7 Å². The number of nitrogens with zero attached hydrogens (tertiary/aromatic N) is 2. The molecule has 0 aromatic heterocycles. The van der Waals surface area contributed by atoms with Crippen molar-refractivity contribution >= 4 is 41.0 Å². The third-order valence-electron chi connectivity index (χ3n) is 6.58. The number of hydrogen-bond donors (Lipinski definition) is 1. The van der Waals surface area contributed by atoms with Crippen molar-refractivity contribution in [2.75, 3.05) is 12.4 Å². The molecule has 0 saturated carbocycles. The van der Waals surface area contributed by atoms with Gasteiger partial charge in [-0.1, -0.05) is 30.3 Å². The molecule has 2 aliphatic heterocycles. The predicted molar refractivity (Wildman–Crippen MR) is 142 cm³/mol. The number of thioether (sulfide) groups is 1. The summed E-state index contributed by atoms with van der Waals surface area (Å²) in [5, 5.41) is 12.9. The van der Waals surface area contributed by atoms with Gasteiger partial charge in [-0.3, -0.25) is 24.5 Å². The molecule has 4 atom stereocenters. The molecule has 2 fully saturated rings. The van der Waals surface area contributed by atoms with Crippen molar-refractivity contribution in [3.8, 4) is 0 Å². The summed E-state index contributed by atoms with van der Waals surface area (Å²) in [5.41, 5.74) is 1.26. The number of ketones is 1. The first-order valence-electron chi connectivity index (χ1n) is 12.6. The monoisotopic (exact) mass is 555 g/mol. The summed E-state index contributed by atoms with van der Waals surface area (Å²) in [6.07, 6.45) is 1.07. The van der Waals surface area contributed by atoms with Crippen molar-refractivity contribution in [3.05, 3.63) is 75.8 Å². The number of likely N-dealkylation sites (tertiary alicyclic amines) is 1. The van der Waals surface area contributed by atoms with Gasteiger partial charge in [0, 0.05) is 18.7 Å². The molecule has 1 N–H and O–H groups in total. The maximum absolute atomic E-state index is 13.1. The normalized spacial score (nSPS) is 21.1. The van der Waals surface area contributed by atoms with Crippen LogP contribution in [0.25, 0.3) is 0 Å². The zero-order valence-electron chi connectivity index (χ0n) is 21.3. The van der Waals surface area contributed by atoms with E-state index in [1.807, 2.05) is 30.3 Å². The molecule has 0 spiro atoms. The number of carbonyl (C=O) groups is 4. The van der Waals surface area contributed by atoms with Gasteiger partial charge in [-0.25, -0.2) is 4.79 Å². The van der Waals surface area contributed by atoms with Gasteiger partial charge in [-0.05, 0) is 43.0 Å². The third-order valence-corrected chi connectivity index (χ3v) is 7.87. The van der Waals surface area contributed by atoms with Crippen molar-refractivity contribution in [3.63, 3.8) is 0 Å². The van der Waals surface area contributed by atoms with Crippen molar-refractivity contribution in [2.45, 2.75) is 56.4 Å². The SMILES string of the molecule is CC(C(=O)OCc1ccc([N+](=O)[O-])cc1)N1C(=O)[C@@H](NC(=O)Cc2ccccc2)[C@H]1SCC(=O)[C@@H]1CCCO1. The maximum Gasteiger partial charge on any atom is 0.328 e. The van der Waals surface area contributed by atoms with Gasteiger partial charge in [0.1, 0.15) is 30.2 Å². The van der Waals surface area contributed by atoms with Crippen LogP contribution in [0.3, 0.4) is 0 Å². The minimum Gasteiger partial charge on any atom is -0.459 e. The summed E-state index contributed by atoms with van der Waals surface area (Å²) in [6.45, 7) is 1.92. The number of benzene rings is 2. The number of hydrogen-bond acceptors (Lipinski definition) is 9. The summed E-state index contributed by atoms with van der Waals surface area (Å²) < 4.78 is 10.8. The van der Waals surface area contributed by atoms with E-state index in [0.29, 0.717) is 18.6 Å². The molecule has 206 valence electrons. The molecular formula is C27H29N3O8S. The fraction of sp³-hybridized carbons (Fsp3) is 0.407. The van der Waals surface area contributed by atoms with Gasteiger partial charge in [0.25, 0.3) is 5.69 Å². The van der Waals surface area contributed by atoms with Crippen LogP contribution in [-0.4, -0.2) is 69.3 Å². The maximum atomic E-state index is 13.1. The Bertz CT molecular complexity index is 1220. The molecular weight excluding hydrogens is 526 g/mol. The standard InChI is InChI=1S/C27H29N3O8S/c1-17(27(34)38-15-19-9-11-20(12-10-19)30(35)36)29-25(33)24(28-23(32)14-18-6-3-2-4-7-18)26(29)39-16-21(31)22-8-5-13-37-22/h2-4,6-7,9-12,17,22,24,26H,5,8,13-16H2,1H3,(H,28,32)/t17?,22-,24+,26+/m0/s1. The number of amides is 2. The lowest BCUT2D eigenvalue weighted by molar-refractivity contribution is -0.384. The number of non-ortho nitro benzene ring substituents is 1. The van der Waals surface area contributed by atoms with E-state index in [2.05, 4.69) is 5.32 Å². The number of nitrogens with one attached hydrogen (secondary N) is 1. The number of Topliss-reactive ketones (excluding diaryl/α,β-unsaturated/α-hetero) is 1. The van der Waals surface area contributed by atoms with E-state index in [1.54, 1.807) is 0 Å². The average Bonchev–Trinajstić information content (AvgIpc) is 3.48. The molecule has 2 aromatic carbocycles. The molecule has 2 amide bonds. The summed E-state index contributed by atoms with van der Waals surface area (Å²) in [5.74, 6) is -1.50. The first-order valence-corrected chi connectivity index (χ1v) is 13.6. The summed E-state index contributed by atoms with van der Waals surface area (Å²) >= 11 is 1.18. The average molecular weight is 556 g/mol. The molecule has 2 aliphatic rings. The zero-order chi connectivity index (χ0) is 27.9. The van der Waals surface area contributed by atoms with Gasteiger partial charge in [0.15, 0.2) is 5.78 Å². The van der Waals surface area contributed by atoms with Crippen LogP contribution in [0, 0.1) is 10.1 Å². The smallest absolute Gasteiger partial charge is 0.328 e. The van der Waals surface area contributed by atoms with Crippen molar-refractivity contribution in [2.24, 2.45) is 0 Å². The highest BCUT2D eigenvalue weighted by Gasteiger charge is 2.52. The number of ether oxygens (including phenoxy) is 2. The van der Waals surface area contributed by atoms with Crippen molar-refractivity contribution in [1.29, 1.82) is 0 Å².